The standard InChI is InChI=1S/C13H20BrN3/c1-3-6-17(2)13-10(7-11(14)9-16-13)8-15-12-4-5-12/h7,9,12,15H,3-6,8H2,1-2H3. The fraction of sp³-hybridized carbons (Fsp3) is 0.615. The van der Waals surface area contributed by atoms with E-state index in [1.165, 1.54) is 18.4 Å². The number of hydrogen-bond acceptors (Lipinski definition) is 3. The lowest BCUT2D eigenvalue weighted by Gasteiger charge is -2.21. The van der Waals surface area contributed by atoms with Gasteiger partial charge in [-0.2, -0.15) is 0 Å². The van der Waals surface area contributed by atoms with Gasteiger partial charge in [-0.05, 0) is 41.3 Å². The van der Waals surface area contributed by atoms with E-state index in [1.54, 1.807) is 0 Å². The molecule has 94 valence electrons. The summed E-state index contributed by atoms with van der Waals surface area (Å²) in [5.41, 5.74) is 1.28. The van der Waals surface area contributed by atoms with Crippen LogP contribution in [0.2, 0.25) is 0 Å². The molecule has 1 N–H and O–H groups in total. The van der Waals surface area contributed by atoms with Crippen molar-refractivity contribution in [1.82, 2.24) is 10.3 Å². The van der Waals surface area contributed by atoms with Gasteiger partial charge in [0.15, 0.2) is 0 Å². The lowest BCUT2D eigenvalue weighted by atomic mass is 10.2. The molecule has 0 amide bonds. The van der Waals surface area contributed by atoms with E-state index in [4.69, 9.17) is 0 Å². The first-order valence-corrected chi connectivity index (χ1v) is 7.09. The first-order chi connectivity index (χ1) is 8.20. The van der Waals surface area contributed by atoms with Crippen LogP contribution in [0.15, 0.2) is 16.7 Å². The summed E-state index contributed by atoms with van der Waals surface area (Å²) in [6.07, 6.45) is 5.66. The Hall–Kier alpha value is -0.610. The molecule has 0 aliphatic heterocycles. The molecule has 1 aliphatic rings. The fourth-order valence-corrected chi connectivity index (χ4v) is 2.31. The number of aromatic nitrogens is 1. The summed E-state index contributed by atoms with van der Waals surface area (Å²) < 4.78 is 1.05. The quantitative estimate of drug-likeness (QED) is 0.875. The van der Waals surface area contributed by atoms with E-state index >= 15 is 0 Å². The molecule has 4 heteroatoms. The Morgan fingerprint density at radius 2 is 2.29 bits per heavy atom. The van der Waals surface area contributed by atoms with E-state index in [0.29, 0.717) is 0 Å². The molecule has 1 fully saturated rings. The van der Waals surface area contributed by atoms with Gasteiger partial charge in [-0.3, -0.25) is 0 Å². The van der Waals surface area contributed by atoms with Gasteiger partial charge in [-0.15, -0.1) is 0 Å². The molecule has 0 radical (unpaired) electrons. The summed E-state index contributed by atoms with van der Waals surface area (Å²) in [7, 11) is 2.11. The zero-order chi connectivity index (χ0) is 12.3. The van der Waals surface area contributed by atoms with Crippen LogP contribution < -0.4 is 10.2 Å². The third-order valence-electron chi connectivity index (χ3n) is 2.99. The zero-order valence-electron chi connectivity index (χ0n) is 10.5. The van der Waals surface area contributed by atoms with Crippen LogP contribution >= 0.6 is 15.9 Å². The summed E-state index contributed by atoms with van der Waals surface area (Å²) in [5.74, 6) is 1.10. The monoisotopic (exact) mass is 297 g/mol. The number of rotatable bonds is 6. The van der Waals surface area contributed by atoms with Crippen molar-refractivity contribution in [3.63, 3.8) is 0 Å². The molecule has 1 saturated carbocycles. The Labute approximate surface area is 112 Å². The molecule has 17 heavy (non-hydrogen) atoms. The minimum Gasteiger partial charge on any atom is -0.359 e. The summed E-state index contributed by atoms with van der Waals surface area (Å²) in [6, 6.07) is 2.91. The van der Waals surface area contributed by atoms with Gasteiger partial charge in [0, 0.05) is 42.4 Å². The van der Waals surface area contributed by atoms with Crippen LogP contribution in [-0.4, -0.2) is 24.6 Å². The van der Waals surface area contributed by atoms with Gasteiger partial charge in [0.2, 0.25) is 0 Å². The first-order valence-electron chi connectivity index (χ1n) is 6.29. The molecule has 0 saturated heterocycles. The van der Waals surface area contributed by atoms with Crippen molar-refractivity contribution in [2.45, 2.75) is 38.8 Å². The molecular weight excluding hydrogens is 278 g/mol. The smallest absolute Gasteiger partial charge is 0.132 e. The van der Waals surface area contributed by atoms with Crippen LogP contribution in [0.5, 0.6) is 0 Å². The molecular formula is C13H20BrN3. The van der Waals surface area contributed by atoms with Crippen molar-refractivity contribution < 1.29 is 0 Å². The summed E-state index contributed by atoms with van der Waals surface area (Å²) in [5, 5.41) is 3.55. The minimum absolute atomic E-state index is 0.735. The van der Waals surface area contributed by atoms with E-state index in [2.05, 4.69) is 51.2 Å². The molecule has 1 aromatic rings. The van der Waals surface area contributed by atoms with Crippen molar-refractivity contribution in [1.29, 1.82) is 0 Å². The van der Waals surface area contributed by atoms with E-state index in [0.717, 1.165) is 35.8 Å². The van der Waals surface area contributed by atoms with Gasteiger partial charge in [0.25, 0.3) is 0 Å². The van der Waals surface area contributed by atoms with E-state index < -0.39 is 0 Å². The topological polar surface area (TPSA) is 28.2 Å². The largest absolute Gasteiger partial charge is 0.359 e. The molecule has 2 rings (SSSR count). The van der Waals surface area contributed by atoms with Gasteiger partial charge >= 0.3 is 0 Å². The highest BCUT2D eigenvalue weighted by Crippen LogP contribution is 2.24. The van der Waals surface area contributed by atoms with Crippen LogP contribution in [-0.2, 0) is 6.54 Å². The Morgan fingerprint density at radius 1 is 1.53 bits per heavy atom. The second-order valence-electron chi connectivity index (χ2n) is 4.71. The molecule has 1 heterocycles. The van der Waals surface area contributed by atoms with Gasteiger partial charge in [0.1, 0.15) is 5.82 Å². The van der Waals surface area contributed by atoms with E-state index in [-0.39, 0.29) is 0 Å². The number of pyridine rings is 1. The number of halogens is 1. The number of hydrogen-bond donors (Lipinski definition) is 1. The lowest BCUT2D eigenvalue weighted by Crippen LogP contribution is -2.23. The highest BCUT2D eigenvalue weighted by Gasteiger charge is 2.21. The van der Waals surface area contributed by atoms with Crippen molar-refractivity contribution >= 4 is 21.7 Å². The van der Waals surface area contributed by atoms with Gasteiger partial charge in [-0.25, -0.2) is 4.98 Å². The Bertz CT molecular complexity index is 377. The molecule has 1 aliphatic carbocycles. The number of anilines is 1. The van der Waals surface area contributed by atoms with Crippen LogP contribution in [0.3, 0.4) is 0 Å². The lowest BCUT2D eigenvalue weighted by molar-refractivity contribution is 0.682. The molecule has 0 aromatic carbocycles. The van der Waals surface area contributed by atoms with Crippen molar-refractivity contribution in [2.75, 3.05) is 18.5 Å². The second kappa shape index (κ2) is 5.83. The summed E-state index contributed by atoms with van der Waals surface area (Å²) in [4.78, 5) is 6.77. The number of nitrogens with one attached hydrogen (secondary N) is 1. The first kappa shape index (κ1) is 12.8. The molecule has 0 bridgehead atoms. The predicted octanol–water partition coefficient (Wildman–Crippen LogP) is 2.94. The third kappa shape index (κ3) is 3.68. The Morgan fingerprint density at radius 3 is 2.94 bits per heavy atom. The van der Waals surface area contributed by atoms with Gasteiger partial charge in [-0.1, -0.05) is 6.92 Å². The molecule has 3 nitrogen and oxygen atoms in total. The maximum atomic E-state index is 4.53. The Balaban J connectivity index is 2.10. The highest BCUT2D eigenvalue weighted by atomic mass is 79.9. The average molecular weight is 298 g/mol. The molecule has 0 spiro atoms. The zero-order valence-corrected chi connectivity index (χ0v) is 12.1. The summed E-state index contributed by atoms with van der Waals surface area (Å²) in [6.45, 7) is 4.16. The Kier molecular flexibility index (Phi) is 4.40. The molecule has 1 aromatic heterocycles. The predicted molar refractivity (Wildman–Crippen MR) is 75.4 cm³/mol. The van der Waals surface area contributed by atoms with Crippen LogP contribution in [0, 0.1) is 0 Å². The minimum atomic E-state index is 0.735. The normalized spacial score (nSPS) is 15.0. The fourth-order valence-electron chi connectivity index (χ4n) is 1.93. The maximum absolute atomic E-state index is 4.53. The van der Waals surface area contributed by atoms with Gasteiger partial charge in [0.05, 0.1) is 0 Å². The van der Waals surface area contributed by atoms with Crippen molar-refractivity contribution in [3.05, 3.63) is 22.3 Å². The van der Waals surface area contributed by atoms with E-state index in [1.807, 2.05) is 6.20 Å². The van der Waals surface area contributed by atoms with Crippen molar-refractivity contribution in [3.8, 4) is 0 Å². The third-order valence-corrected chi connectivity index (χ3v) is 3.42. The van der Waals surface area contributed by atoms with Crippen LogP contribution in [0.4, 0.5) is 5.82 Å². The van der Waals surface area contributed by atoms with Crippen LogP contribution in [0.1, 0.15) is 31.7 Å². The second-order valence-corrected chi connectivity index (χ2v) is 5.63. The molecule has 0 atom stereocenters. The number of nitrogens with zero attached hydrogens (tertiary/aromatic N) is 2. The maximum Gasteiger partial charge on any atom is 0.132 e. The van der Waals surface area contributed by atoms with Crippen molar-refractivity contribution in [2.24, 2.45) is 0 Å². The SMILES string of the molecule is CCCN(C)c1ncc(Br)cc1CNC1CC1. The summed E-state index contributed by atoms with van der Waals surface area (Å²) >= 11 is 3.50. The molecule has 0 unspecified atom stereocenters. The van der Waals surface area contributed by atoms with Crippen LogP contribution in [0.25, 0.3) is 0 Å². The van der Waals surface area contributed by atoms with Gasteiger partial charge < -0.3 is 10.2 Å². The van der Waals surface area contributed by atoms with E-state index in [9.17, 15) is 0 Å². The highest BCUT2D eigenvalue weighted by molar-refractivity contribution is 9.10. The average Bonchev–Trinajstić information content (AvgIpc) is 3.10.